The van der Waals surface area contributed by atoms with Crippen molar-refractivity contribution >= 4 is 158 Å². The SMILES string of the molecule is CSCC[C@H](NC(=O)[C@H](Cc1c[nH]c2ccccc12)NC(=O)[C@H](Cc1c[nH]c2ccccc12)NC(=O)[C@H](CCC(=O)O)NC(=O)C1CCCN1C(=O)[C@H](CCCNC(=N)N)NC(=O)CNC(=O)[C@@H](N)C(C)C)C(=O)N[C@@H](CC(=O)O)C(=O)N[C@@H](Cc1ccc(O)cc1)C(=O)N[C@@H](CCC(N)=O)C(=O)N[C@@H](CCCCN)C(=O)N[C@@H](CCCNC(=N)N)C(=O)N[C@@H](Cc1ccc(O)cc1)C(=O)NCC(=O)O.O=C(O)C(F)(F)F. The lowest BCUT2D eigenvalue weighted by Gasteiger charge is -2.30. The van der Waals surface area contributed by atoms with Crippen molar-refractivity contribution < 1.29 is 135 Å². The molecular weight excluding hydrogens is 1960 g/mol. The Hall–Kier alpha value is -15.9. The highest BCUT2D eigenvalue weighted by Crippen LogP contribution is 2.26. The summed E-state index contributed by atoms with van der Waals surface area (Å²) in [4.78, 5) is 270. The van der Waals surface area contributed by atoms with E-state index in [2.05, 4.69) is 89.7 Å². The van der Waals surface area contributed by atoms with E-state index in [1.807, 2.05) is 0 Å². The van der Waals surface area contributed by atoms with Crippen LogP contribution < -0.4 is 108 Å². The number of amides is 15. The maximum absolute atomic E-state index is 15.6. The highest BCUT2D eigenvalue weighted by atomic mass is 32.2. The monoisotopic (exact) mass is 2080 g/mol. The van der Waals surface area contributed by atoms with Gasteiger partial charge in [-0.25, -0.2) is 4.79 Å². The third kappa shape index (κ3) is 41.4. The van der Waals surface area contributed by atoms with E-state index in [-0.39, 0.29) is 144 Å². The van der Waals surface area contributed by atoms with Crippen LogP contribution in [-0.4, -0.2) is 306 Å². The second kappa shape index (κ2) is 60.0. The summed E-state index contributed by atoms with van der Waals surface area (Å²) in [6, 6.07) is 3.33. The number of hydrogen-bond donors (Lipinski definition) is 30. The summed E-state index contributed by atoms with van der Waals surface area (Å²) >= 11 is 1.19. The molecular formula is C93H128F3N25O25S. The third-order valence-corrected chi connectivity index (χ3v) is 23.7. The number of alkyl halides is 3. The molecule has 1 aliphatic heterocycles. The van der Waals surface area contributed by atoms with Gasteiger partial charge in [0, 0.05) is 92.4 Å². The van der Waals surface area contributed by atoms with Crippen LogP contribution in [0.3, 0.4) is 0 Å². The number of phenols is 2. The molecule has 4 aromatic carbocycles. The summed E-state index contributed by atoms with van der Waals surface area (Å²) in [6.45, 7) is 2.09. The Labute approximate surface area is 844 Å². The molecule has 7 rings (SSSR count). The fourth-order valence-corrected chi connectivity index (χ4v) is 15.8. The smallest absolute Gasteiger partial charge is 0.490 e. The van der Waals surface area contributed by atoms with E-state index in [1.165, 1.54) is 65.2 Å². The summed E-state index contributed by atoms with van der Waals surface area (Å²) in [6.07, 6.45) is -5.50. The first kappa shape index (κ1) is 120. The minimum Gasteiger partial charge on any atom is -0.508 e. The number of phenolic OH excluding ortho intramolecular Hbond substituents is 2. The molecule has 802 valence electrons. The van der Waals surface area contributed by atoms with E-state index in [0.29, 0.717) is 38.5 Å². The largest absolute Gasteiger partial charge is 0.508 e. The first-order valence-corrected chi connectivity index (χ1v) is 48.1. The van der Waals surface area contributed by atoms with Crippen molar-refractivity contribution in [1.29, 1.82) is 10.8 Å². The lowest BCUT2D eigenvalue weighted by Crippen LogP contribution is -2.61. The fraction of sp³-hybridized carbons (Fsp3) is 0.473. The predicted molar refractivity (Wildman–Crippen MR) is 526 cm³/mol. The molecule has 15 amide bonds. The lowest BCUT2D eigenvalue weighted by atomic mass is 10.0. The average molecular weight is 2090 g/mol. The molecule has 54 heteroatoms. The number of carboxylic acids is 4. The van der Waals surface area contributed by atoms with Crippen LogP contribution in [0, 0.1) is 16.7 Å². The van der Waals surface area contributed by atoms with Crippen LogP contribution in [0.2, 0.25) is 0 Å². The van der Waals surface area contributed by atoms with Gasteiger partial charge in [-0.15, -0.1) is 0 Å². The van der Waals surface area contributed by atoms with Gasteiger partial charge in [0.2, 0.25) is 88.6 Å². The Morgan fingerprint density at radius 3 is 1.26 bits per heavy atom. The van der Waals surface area contributed by atoms with E-state index in [9.17, 15) is 101 Å². The van der Waals surface area contributed by atoms with Gasteiger partial charge in [0.15, 0.2) is 11.9 Å². The lowest BCUT2D eigenvalue weighted by molar-refractivity contribution is -0.192. The fourth-order valence-electron chi connectivity index (χ4n) is 15.3. The summed E-state index contributed by atoms with van der Waals surface area (Å²) in [5, 5.41) is 112. The summed E-state index contributed by atoms with van der Waals surface area (Å²) < 4.78 is 31.7. The number of aromatic nitrogens is 2. The zero-order chi connectivity index (χ0) is 109. The zero-order valence-electron chi connectivity index (χ0n) is 80.7. The van der Waals surface area contributed by atoms with Crippen LogP contribution in [-0.2, 0) is 117 Å². The number of guanidine groups is 2. The van der Waals surface area contributed by atoms with Gasteiger partial charge in [0.05, 0.1) is 19.0 Å². The molecule has 0 bridgehead atoms. The Kier molecular flexibility index (Phi) is 48.9. The number of H-pyrrole nitrogens is 2. The first-order chi connectivity index (χ1) is 69.6. The number of aromatic amines is 2. The van der Waals surface area contributed by atoms with Crippen LogP contribution in [0.5, 0.6) is 11.5 Å². The molecule has 50 nitrogen and oxygen atoms in total. The second-order valence-electron chi connectivity index (χ2n) is 34.8. The van der Waals surface area contributed by atoms with Gasteiger partial charge in [-0.3, -0.25) is 97.1 Å². The van der Waals surface area contributed by atoms with Crippen LogP contribution in [0.25, 0.3) is 21.8 Å². The van der Waals surface area contributed by atoms with Gasteiger partial charge in [0.1, 0.15) is 90.5 Å². The van der Waals surface area contributed by atoms with Crippen molar-refractivity contribution in [3.8, 4) is 11.5 Å². The summed E-state index contributed by atoms with van der Waals surface area (Å²) in [5.41, 5.74) is 31.1. The molecule has 0 radical (unpaired) electrons. The molecule has 13 atom stereocenters. The number of aromatic hydroxyl groups is 2. The van der Waals surface area contributed by atoms with Gasteiger partial charge in [-0.05, 0) is 160 Å². The molecule has 0 aliphatic carbocycles. The predicted octanol–water partition coefficient (Wildman–Crippen LogP) is -3.40. The van der Waals surface area contributed by atoms with Crippen molar-refractivity contribution in [3.63, 3.8) is 0 Å². The topological polar surface area (TPSA) is 839 Å². The number of benzene rings is 4. The van der Waals surface area contributed by atoms with Gasteiger partial charge in [-0.2, -0.15) is 24.9 Å². The van der Waals surface area contributed by atoms with Gasteiger partial charge < -0.3 is 154 Å². The number of thioether (sulfide) groups is 1. The number of para-hydroxylation sites is 2. The van der Waals surface area contributed by atoms with E-state index < -0.39 is 255 Å². The van der Waals surface area contributed by atoms with Crippen molar-refractivity contribution in [2.45, 2.75) is 221 Å². The van der Waals surface area contributed by atoms with Crippen LogP contribution in [0.4, 0.5) is 13.2 Å². The number of likely N-dealkylation sites (tertiary alicyclic amines) is 1. The van der Waals surface area contributed by atoms with Gasteiger partial charge >= 0.3 is 30.1 Å². The number of rotatable bonds is 60. The molecule has 0 spiro atoms. The third-order valence-electron chi connectivity index (χ3n) is 23.1. The Morgan fingerprint density at radius 2 is 0.837 bits per heavy atom. The van der Waals surface area contributed by atoms with Crippen LogP contribution in [0.15, 0.2) is 109 Å². The number of carbonyl (C=O) groups excluding carboxylic acids is 15. The summed E-state index contributed by atoms with van der Waals surface area (Å²) in [7, 11) is 0. The number of fused-ring (bicyclic) bond motifs is 2. The number of primary amides is 1. The van der Waals surface area contributed by atoms with Crippen LogP contribution in [0.1, 0.15) is 132 Å². The minimum atomic E-state index is -5.08. The van der Waals surface area contributed by atoms with Crippen LogP contribution >= 0.6 is 11.8 Å². The number of carboxylic acid groups (broad SMARTS) is 4. The summed E-state index contributed by atoms with van der Waals surface area (Å²) in [5.74, 6) is -23.9. The highest BCUT2D eigenvalue weighted by molar-refractivity contribution is 7.98. The number of unbranched alkanes of at least 4 members (excludes halogenated alkanes) is 1. The minimum absolute atomic E-state index is 0.0138. The molecule has 6 aromatic rings. The van der Waals surface area contributed by atoms with Gasteiger partial charge in [0.25, 0.3) is 0 Å². The maximum Gasteiger partial charge on any atom is 0.490 e. The van der Waals surface area contributed by atoms with Crippen molar-refractivity contribution in [2.75, 3.05) is 51.3 Å². The number of nitrogens with zero attached hydrogens (tertiary/aromatic N) is 1. The Morgan fingerprint density at radius 1 is 0.449 bits per heavy atom. The average Bonchev–Trinajstić information content (AvgIpc) is 1.56. The molecule has 1 unspecified atom stereocenters. The van der Waals surface area contributed by atoms with E-state index in [4.69, 9.17) is 49.4 Å². The molecule has 1 fully saturated rings. The quantitative estimate of drug-likeness (QED) is 0.0101. The normalized spacial score (nSPS) is 14.6. The maximum atomic E-state index is 15.6. The van der Waals surface area contributed by atoms with Crippen molar-refractivity contribution in [3.05, 3.63) is 132 Å². The number of nitrogens with one attached hydrogen (secondary N) is 19. The molecule has 1 aliphatic rings. The molecule has 1 saturated heterocycles. The Balaban J connectivity index is 0.00000454. The second-order valence-corrected chi connectivity index (χ2v) is 35.7. The van der Waals surface area contributed by atoms with E-state index in [0.717, 1.165) is 0 Å². The van der Waals surface area contributed by atoms with Crippen molar-refractivity contribution in [2.24, 2.45) is 34.6 Å². The number of hydrogen-bond acceptors (Lipinski definition) is 26. The molecule has 147 heavy (non-hydrogen) atoms. The van der Waals surface area contributed by atoms with Gasteiger partial charge in [-0.1, -0.05) is 74.5 Å². The molecule has 0 saturated carbocycles. The molecule has 2 aromatic heterocycles. The van der Waals surface area contributed by atoms with E-state index in [1.54, 1.807) is 81.0 Å². The highest BCUT2D eigenvalue weighted by Gasteiger charge is 2.43. The first-order valence-electron chi connectivity index (χ1n) is 46.8. The number of halogens is 3. The molecule has 35 N–H and O–H groups in total. The van der Waals surface area contributed by atoms with E-state index >= 15 is 24.0 Å². The molecule has 3 heterocycles. The Bertz CT molecular complexity index is 5600. The zero-order valence-corrected chi connectivity index (χ0v) is 81.5. The van der Waals surface area contributed by atoms with Crippen molar-refractivity contribution in [1.82, 2.24) is 94.6 Å². The number of carbonyl (C=O) groups is 19. The number of aliphatic carboxylic acids is 4. The number of nitrogens with two attached hydrogens (primary N) is 5. The standard InChI is InChI=1S/C91H127N25O23S.C2HF3O2/c1-48(2)76(94)88(138)103-46-72(120)105-64(19-11-36-100-91(97)98)89(139)116-37-12-20-70(116)87(137)110-62(30-32-73(121)122)81(131)113-68(42-52-45-102-58-16-7-5-14-56(52)58)85(135)114-67(41-51-44-101-57-15-6-4-13-55(51)57)84(134)109-63(33-38-140-3)82(132)115-69(43-74(123)124)86(136)112-66(40-50-23-27-54(118)28-24-50)83(133)108-61(29-31-71(93)119)80(130)106-59(17-8-9-34-92)78(128)107-60(18-10-35-99-90(95)96)79(129)111-65(77(127)104-47-75(125)126)39-49-21-25-53(117)26-22-49;3-2(4,5)1(6)7/h4-7,13-16,21-28,44-45,48,59-70,76,101-102,117-118H,8-12,17-20,29-43,46-47,92,94H2,1-3H3,(H2,93,119)(H,103,138)(H,104,127)(H,105,120)(H,106,130)(H,107,128)(H,108,133)(H,109,134)(H,110,137)(H,111,129)(H,112,136)(H,113,131)(H,114,135)(H,115,132)(H,121,122)(H,123,124)(H,125,126)(H4,95,96,99)(H4,97,98,100);(H,6,7)/t59-,60-,61-,62-,63-,64-,65-,66-,67-,68-,69-,70?,76-;/m0./s1.